The molecule has 10 heavy (non-hydrogen) atoms. The minimum Gasteiger partial charge on any atom is -0.351 e. The van der Waals surface area contributed by atoms with Crippen LogP contribution in [0.4, 0.5) is 9.59 Å². The molecule has 0 aliphatic rings. The van der Waals surface area contributed by atoms with Gasteiger partial charge in [-0.15, -0.1) is 0 Å². The maximum atomic E-state index is 10.8. The van der Waals surface area contributed by atoms with E-state index in [1.165, 1.54) is 11.9 Å². The summed E-state index contributed by atoms with van der Waals surface area (Å²) in [6.07, 6.45) is 0. The van der Waals surface area contributed by atoms with Crippen LogP contribution in [-0.2, 0) is 0 Å². The summed E-state index contributed by atoms with van der Waals surface area (Å²) < 4.78 is 0. The molecule has 0 rings (SSSR count). The van der Waals surface area contributed by atoms with Gasteiger partial charge in [-0.3, -0.25) is 0 Å². The van der Waals surface area contributed by atoms with E-state index in [1.807, 2.05) is 0 Å². The van der Waals surface area contributed by atoms with Crippen molar-refractivity contribution in [2.24, 2.45) is 5.73 Å². The number of carbonyl (C=O) groups excluding carboxylic acids is 2. The van der Waals surface area contributed by atoms with Crippen LogP contribution in [0, 0.1) is 0 Å². The Bertz CT molecular complexity index is 155. The smallest absolute Gasteiger partial charge is 0.327 e. The van der Waals surface area contributed by atoms with Crippen molar-refractivity contribution >= 4 is 12.1 Å². The molecule has 58 valence electrons. The second-order valence-electron chi connectivity index (χ2n) is 2.07. The highest BCUT2D eigenvalue weighted by Gasteiger charge is 2.14. The lowest BCUT2D eigenvalue weighted by atomic mass is 10.7. The van der Waals surface area contributed by atoms with Crippen LogP contribution in [0.2, 0.25) is 0 Å². The third kappa shape index (κ3) is 1.93. The van der Waals surface area contributed by atoms with Crippen molar-refractivity contribution in [2.45, 2.75) is 0 Å². The molecule has 0 fully saturated rings. The third-order valence-corrected chi connectivity index (χ3v) is 1.00. The maximum absolute atomic E-state index is 10.8. The van der Waals surface area contributed by atoms with E-state index in [0.29, 0.717) is 0 Å². The van der Waals surface area contributed by atoms with Crippen molar-refractivity contribution in [3.05, 3.63) is 0 Å². The summed E-state index contributed by atoms with van der Waals surface area (Å²) >= 11 is 0. The number of hydrogen-bond acceptors (Lipinski definition) is 2. The molecule has 0 atom stereocenters. The molecule has 5 heteroatoms. The van der Waals surface area contributed by atoms with Crippen molar-refractivity contribution in [2.75, 3.05) is 21.1 Å². The molecule has 0 aliphatic heterocycles. The van der Waals surface area contributed by atoms with E-state index in [2.05, 4.69) is 0 Å². The molecule has 0 spiro atoms. The van der Waals surface area contributed by atoms with Crippen LogP contribution in [0.5, 0.6) is 0 Å². The molecule has 0 bridgehead atoms. The largest absolute Gasteiger partial charge is 0.351 e. The third-order valence-electron chi connectivity index (χ3n) is 1.00. The van der Waals surface area contributed by atoms with Gasteiger partial charge in [0.25, 0.3) is 0 Å². The number of urea groups is 2. The van der Waals surface area contributed by atoms with Gasteiger partial charge >= 0.3 is 12.1 Å². The average molecular weight is 145 g/mol. The number of hydrogen-bond donors (Lipinski definition) is 1. The van der Waals surface area contributed by atoms with Crippen molar-refractivity contribution in [1.29, 1.82) is 0 Å². The zero-order valence-electron chi connectivity index (χ0n) is 6.29. The lowest BCUT2D eigenvalue weighted by Crippen LogP contribution is -2.43. The molecule has 0 unspecified atom stereocenters. The van der Waals surface area contributed by atoms with Crippen LogP contribution >= 0.6 is 0 Å². The van der Waals surface area contributed by atoms with Gasteiger partial charge in [0.05, 0.1) is 0 Å². The number of nitrogens with zero attached hydrogens (tertiary/aromatic N) is 2. The number of nitrogens with two attached hydrogens (primary N) is 1. The summed E-state index contributed by atoms with van der Waals surface area (Å²) in [4.78, 5) is 23.3. The zero-order valence-corrected chi connectivity index (χ0v) is 6.29. The molecule has 0 aromatic carbocycles. The second-order valence-corrected chi connectivity index (χ2v) is 2.07. The highest BCUT2D eigenvalue weighted by Crippen LogP contribution is 1.88. The molecular formula is C5H11N3O2. The van der Waals surface area contributed by atoms with Gasteiger partial charge in [-0.1, -0.05) is 0 Å². The Kier molecular flexibility index (Phi) is 2.66. The predicted octanol–water partition coefficient (Wildman–Crippen LogP) is -0.321. The van der Waals surface area contributed by atoms with Gasteiger partial charge < -0.3 is 10.6 Å². The van der Waals surface area contributed by atoms with Gasteiger partial charge in [-0.25, -0.2) is 14.5 Å². The van der Waals surface area contributed by atoms with Gasteiger partial charge in [0, 0.05) is 21.1 Å². The fraction of sp³-hybridized carbons (Fsp3) is 0.600. The molecule has 5 nitrogen and oxygen atoms in total. The summed E-state index contributed by atoms with van der Waals surface area (Å²) in [6, 6.07) is -1.17. The molecular weight excluding hydrogens is 134 g/mol. The van der Waals surface area contributed by atoms with E-state index < -0.39 is 12.1 Å². The molecule has 0 saturated carbocycles. The monoisotopic (exact) mass is 145 g/mol. The summed E-state index contributed by atoms with van der Waals surface area (Å²) in [5.41, 5.74) is 4.81. The van der Waals surface area contributed by atoms with E-state index in [9.17, 15) is 9.59 Å². The van der Waals surface area contributed by atoms with Crippen molar-refractivity contribution in [3.8, 4) is 0 Å². The lowest BCUT2D eigenvalue weighted by molar-refractivity contribution is 0.180. The lowest BCUT2D eigenvalue weighted by Gasteiger charge is -2.17. The fourth-order valence-corrected chi connectivity index (χ4v) is 0.394. The Balaban J connectivity index is 4.08. The zero-order chi connectivity index (χ0) is 8.31. The SMILES string of the molecule is CN(C)C(=O)N(C)C(N)=O. The molecule has 0 aromatic rings. The van der Waals surface area contributed by atoms with Crippen LogP contribution in [-0.4, -0.2) is 43.0 Å². The standard InChI is InChI=1S/C5H11N3O2/c1-7(2)5(10)8(3)4(6)9/h1-3H3,(H2,6,9). The molecule has 0 radical (unpaired) electrons. The summed E-state index contributed by atoms with van der Waals surface area (Å²) in [5.74, 6) is 0. The number of amides is 4. The van der Waals surface area contributed by atoms with E-state index in [-0.39, 0.29) is 0 Å². The Morgan fingerprint density at radius 1 is 1.20 bits per heavy atom. The van der Waals surface area contributed by atoms with E-state index in [0.717, 1.165) is 4.90 Å². The van der Waals surface area contributed by atoms with Crippen molar-refractivity contribution in [3.63, 3.8) is 0 Å². The van der Waals surface area contributed by atoms with Crippen molar-refractivity contribution in [1.82, 2.24) is 9.80 Å². The number of rotatable bonds is 0. The molecule has 2 N–H and O–H groups in total. The van der Waals surface area contributed by atoms with Crippen LogP contribution in [0.3, 0.4) is 0 Å². The van der Waals surface area contributed by atoms with E-state index in [1.54, 1.807) is 14.1 Å². The van der Waals surface area contributed by atoms with Gasteiger partial charge in [-0.05, 0) is 0 Å². The Hall–Kier alpha value is -1.26. The number of carbonyl (C=O) groups is 2. The Morgan fingerprint density at radius 3 is 1.70 bits per heavy atom. The van der Waals surface area contributed by atoms with Gasteiger partial charge in [0.15, 0.2) is 0 Å². The molecule has 0 heterocycles. The van der Waals surface area contributed by atoms with Crippen LogP contribution in [0.25, 0.3) is 0 Å². The molecule has 0 aliphatic carbocycles. The first kappa shape index (κ1) is 8.74. The molecule has 0 aromatic heterocycles. The van der Waals surface area contributed by atoms with E-state index >= 15 is 0 Å². The van der Waals surface area contributed by atoms with Gasteiger partial charge in [-0.2, -0.15) is 0 Å². The topological polar surface area (TPSA) is 66.6 Å². The summed E-state index contributed by atoms with van der Waals surface area (Å²) in [6.45, 7) is 0. The quantitative estimate of drug-likeness (QED) is 0.507. The minimum atomic E-state index is -0.751. The highest BCUT2D eigenvalue weighted by molar-refractivity contribution is 5.92. The second kappa shape index (κ2) is 3.05. The minimum absolute atomic E-state index is 0.424. The normalized spacial score (nSPS) is 8.70. The number of primary amides is 1. The van der Waals surface area contributed by atoms with E-state index in [4.69, 9.17) is 5.73 Å². The first-order chi connectivity index (χ1) is 4.46. The Morgan fingerprint density at radius 2 is 1.60 bits per heavy atom. The average Bonchev–Trinajstić information content (AvgIpc) is 1.84. The van der Waals surface area contributed by atoms with Crippen LogP contribution in [0.1, 0.15) is 0 Å². The molecule has 0 saturated heterocycles. The predicted molar refractivity (Wildman–Crippen MR) is 36.4 cm³/mol. The summed E-state index contributed by atoms with van der Waals surface area (Å²) in [7, 11) is 4.41. The number of imide groups is 1. The van der Waals surface area contributed by atoms with Gasteiger partial charge in [0.1, 0.15) is 0 Å². The summed E-state index contributed by atoms with van der Waals surface area (Å²) in [5, 5.41) is 0. The van der Waals surface area contributed by atoms with Crippen LogP contribution < -0.4 is 5.73 Å². The highest BCUT2D eigenvalue weighted by atomic mass is 16.2. The first-order valence-electron chi connectivity index (χ1n) is 2.71. The maximum Gasteiger partial charge on any atom is 0.327 e. The van der Waals surface area contributed by atoms with Crippen molar-refractivity contribution < 1.29 is 9.59 Å². The van der Waals surface area contributed by atoms with Crippen LogP contribution in [0.15, 0.2) is 0 Å². The fourth-order valence-electron chi connectivity index (χ4n) is 0.394. The first-order valence-corrected chi connectivity index (χ1v) is 2.71. The molecule has 4 amide bonds. The Labute approximate surface area is 59.4 Å². The van der Waals surface area contributed by atoms with Gasteiger partial charge in [0.2, 0.25) is 0 Å².